The summed E-state index contributed by atoms with van der Waals surface area (Å²) in [7, 11) is 1.49. The zero-order valence-corrected chi connectivity index (χ0v) is 8.38. The van der Waals surface area contributed by atoms with Gasteiger partial charge in [0.1, 0.15) is 5.75 Å². The van der Waals surface area contributed by atoms with E-state index < -0.39 is 5.97 Å². The summed E-state index contributed by atoms with van der Waals surface area (Å²) in [6.45, 7) is 0. The van der Waals surface area contributed by atoms with Crippen molar-refractivity contribution in [2.75, 3.05) is 7.11 Å². The second kappa shape index (κ2) is 4.01. The molecular formula is C10H8N2O4. The summed E-state index contributed by atoms with van der Waals surface area (Å²) in [5, 5.41) is 15.8. The van der Waals surface area contributed by atoms with E-state index in [0.29, 0.717) is 11.3 Å². The normalized spacial score (nSPS) is 10.1. The van der Waals surface area contributed by atoms with Gasteiger partial charge in [-0.15, -0.1) is 0 Å². The van der Waals surface area contributed by atoms with Gasteiger partial charge in [-0.2, -0.15) is 0 Å². The zero-order valence-electron chi connectivity index (χ0n) is 8.38. The summed E-state index contributed by atoms with van der Waals surface area (Å²) >= 11 is 0. The smallest absolute Gasteiger partial charge is 0.360 e. The number of aromatic carboxylic acids is 1. The molecule has 2 rings (SSSR count). The molecule has 0 aliphatic rings. The summed E-state index contributed by atoms with van der Waals surface area (Å²) in [6, 6.07) is 6.91. The number of para-hydroxylation sites is 1. The van der Waals surface area contributed by atoms with Crippen molar-refractivity contribution in [3.05, 3.63) is 30.0 Å². The highest BCUT2D eigenvalue weighted by atomic mass is 16.6. The molecule has 0 fully saturated rings. The van der Waals surface area contributed by atoms with Crippen LogP contribution in [0.1, 0.15) is 10.5 Å². The lowest BCUT2D eigenvalue weighted by atomic mass is 10.1. The number of carboxylic acid groups (broad SMARTS) is 1. The number of rotatable bonds is 3. The summed E-state index contributed by atoms with van der Waals surface area (Å²) in [6.07, 6.45) is 0. The van der Waals surface area contributed by atoms with Crippen molar-refractivity contribution in [3.63, 3.8) is 0 Å². The number of hydrogen-bond donors (Lipinski definition) is 1. The number of aromatic nitrogens is 2. The van der Waals surface area contributed by atoms with Crippen molar-refractivity contribution in [2.45, 2.75) is 0 Å². The molecule has 1 N–H and O–H groups in total. The summed E-state index contributed by atoms with van der Waals surface area (Å²) in [4.78, 5) is 10.9. The summed E-state index contributed by atoms with van der Waals surface area (Å²) in [5.74, 6) is -0.678. The van der Waals surface area contributed by atoms with Gasteiger partial charge < -0.3 is 9.84 Å². The van der Waals surface area contributed by atoms with Crippen molar-refractivity contribution >= 4 is 5.97 Å². The van der Waals surface area contributed by atoms with Gasteiger partial charge in [0.15, 0.2) is 5.69 Å². The van der Waals surface area contributed by atoms with Crippen LogP contribution in [0.5, 0.6) is 5.75 Å². The van der Waals surface area contributed by atoms with E-state index >= 15 is 0 Å². The maximum atomic E-state index is 10.9. The number of hydrogen-bond acceptors (Lipinski definition) is 5. The Hall–Kier alpha value is -2.37. The highest BCUT2D eigenvalue weighted by molar-refractivity contribution is 5.93. The number of nitrogens with zero attached hydrogens (tertiary/aromatic N) is 2. The number of ether oxygens (including phenoxy) is 1. The van der Waals surface area contributed by atoms with Gasteiger partial charge in [-0.05, 0) is 22.4 Å². The Bertz CT molecular complexity index is 521. The van der Waals surface area contributed by atoms with Gasteiger partial charge >= 0.3 is 5.97 Å². The van der Waals surface area contributed by atoms with E-state index in [1.807, 2.05) is 0 Å². The lowest BCUT2D eigenvalue weighted by Gasteiger charge is -2.04. The predicted molar refractivity (Wildman–Crippen MR) is 53.2 cm³/mol. The number of carboxylic acids is 1. The standard InChI is InChI=1S/C10H8N2O4/c1-15-7-5-3-2-4-6(7)8-9(10(13)14)12-16-11-8/h2-5H,1H3,(H,13,14). The second-order valence-electron chi connectivity index (χ2n) is 2.97. The molecule has 0 saturated carbocycles. The predicted octanol–water partition coefficient (Wildman–Crippen LogP) is 1.44. The average Bonchev–Trinajstić information content (AvgIpc) is 2.77. The first-order valence-electron chi connectivity index (χ1n) is 4.43. The van der Waals surface area contributed by atoms with E-state index in [4.69, 9.17) is 9.84 Å². The molecule has 0 aliphatic heterocycles. The fourth-order valence-corrected chi connectivity index (χ4v) is 1.35. The molecule has 1 aromatic carbocycles. The maximum Gasteiger partial charge on any atom is 0.360 e. The molecule has 0 saturated heterocycles. The number of benzene rings is 1. The van der Waals surface area contributed by atoms with E-state index in [0.717, 1.165) is 0 Å². The van der Waals surface area contributed by atoms with Crippen LogP contribution in [0.2, 0.25) is 0 Å². The Labute approximate surface area is 90.4 Å². The molecule has 1 aromatic heterocycles. The van der Waals surface area contributed by atoms with Crippen LogP contribution in [0.25, 0.3) is 11.3 Å². The largest absolute Gasteiger partial charge is 0.496 e. The van der Waals surface area contributed by atoms with E-state index in [1.54, 1.807) is 24.3 Å². The van der Waals surface area contributed by atoms with Crippen LogP contribution >= 0.6 is 0 Å². The van der Waals surface area contributed by atoms with Gasteiger partial charge in [0, 0.05) is 5.56 Å². The molecular weight excluding hydrogens is 212 g/mol. The Balaban J connectivity index is 2.58. The molecule has 2 aromatic rings. The molecule has 82 valence electrons. The van der Waals surface area contributed by atoms with Gasteiger partial charge in [-0.3, -0.25) is 0 Å². The minimum atomic E-state index is -1.19. The second-order valence-corrected chi connectivity index (χ2v) is 2.97. The van der Waals surface area contributed by atoms with Gasteiger partial charge in [0.25, 0.3) is 0 Å². The lowest BCUT2D eigenvalue weighted by Crippen LogP contribution is -2.00. The molecule has 0 unspecified atom stereocenters. The minimum absolute atomic E-state index is 0.157. The molecule has 0 atom stereocenters. The van der Waals surface area contributed by atoms with Crippen LogP contribution in [-0.4, -0.2) is 28.5 Å². The topological polar surface area (TPSA) is 85.5 Å². The Morgan fingerprint density at radius 3 is 2.81 bits per heavy atom. The molecule has 0 radical (unpaired) electrons. The lowest BCUT2D eigenvalue weighted by molar-refractivity contribution is 0.0685. The molecule has 0 bridgehead atoms. The van der Waals surface area contributed by atoms with Crippen LogP contribution in [0.4, 0.5) is 0 Å². The first-order chi connectivity index (χ1) is 7.74. The van der Waals surface area contributed by atoms with Crippen LogP contribution < -0.4 is 4.74 Å². The average molecular weight is 220 g/mol. The number of methoxy groups -OCH3 is 1. The van der Waals surface area contributed by atoms with E-state index in [2.05, 4.69) is 14.9 Å². The molecule has 6 heteroatoms. The van der Waals surface area contributed by atoms with Gasteiger partial charge in [0.05, 0.1) is 7.11 Å². The van der Waals surface area contributed by atoms with Crippen molar-refractivity contribution in [3.8, 4) is 17.0 Å². The Morgan fingerprint density at radius 2 is 2.12 bits per heavy atom. The van der Waals surface area contributed by atoms with Crippen LogP contribution in [0.3, 0.4) is 0 Å². The molecule has 0 spiro atoms. The fourth-order valence-electron chi connectivity index (χ4n) is 1.35. The molecule has 0 aliphatic carbocycles. The third-order valence-electron chi connectivity index (χ3n) is 2.05. The molecule has 1 heterocycles. The van der Waals surface area contributed by atoms with E-state index in [1.165, 1.54) is 7.11 Å². The van der Waals surface area contributed by atoms with Crippen LogP contribution in [-0.2, 0) is 0 Å². The van der Waals surface area contributed by atoms with Crippen molar-refractivity contribution in [1.29, 1.82) is 0 Å². The quantitative estimate of drug-likeness (QED) is 0.842. The fraction of sp³-hybridized carbons (Fsp3) is 0.100. The van der Waals surface area contributed by atoms with Gasteiger partial charge in [-0.1, -0.05) is 12.1 Å². The van der Waals surface area contributed by atoms with Crippen molar-refractivity contribution in [1.82, 2.24) is 10.3 Å². The van der Waals surface area contributed by atoms with Gasteiger partial charge in [0.2, 0.25) is 5.69 Å². The first-order valence-corrected chi connectivity index (χ1v) is 4.43. The molecule has 16 heavy (non-hydrogen) atoms. The third kappa shape index (κ3) is 1.60. The highest BCUT2D eigenvalue weighted by Gasteiger charge is 2.21. The van der Waals surface area contributed by atoms with Crippen molar-refractivity contribution in [2.24, 2.45) is 0 Å². The SMILES string of the molecule is COc1ccccc1-c1nonc1C(=O)O. The van der Waals surface area contributed by atoms with Gasteiger partial charge in [-0.25, -0.2) is 9.42 Å². The summed E-state index contributed by atoms with van der Waals surface area (Å²) in [5.41, 5.74) is 0.457. The maximum absolute atomic E-state index is 10.9. The molecule has 0 amide bonds. The first kappa shape index (κ1) is 10.2. The third-order valence-corrected chi connectivity index (χ3v) is 2.05. The van der Waals surface area contributed by atoms with E-state index in [9.17, 15) is 4.79 Å². The summed E-state index contributed by atoms with van der Waals surface area (Å²) < 4.78 is 9.53. The Kier molecular flexibility index (Phi) is 2.55. The monoisotopic (exact) mass is 220 g/mol. The van der Waals surface area contributed by atoms with Crippen LogP contribution in [0.15, 0.2) is 28.9 Å². The minimum Gasteiger partial charge on any atom is -0.496 e. The molecule has 6 nitrogen and oxygen atoms in total. The van der Waals surface area contributed by atoms with Crippen molar-refractivity contribution < 1.29 is 19.3 Å². The highest BCUT2D eigenvalue weighted by Crippen LogP contribution is 2.29. The zero-order chi connectivity index (χ0) is 11.5. The van der Waals surface area contributed by atoms with Crippen LogP contribution in [0, 0.1) is 0 Å². The van der Waals surface area contributed by atoms with E-state index in [-0.39, 0.29) is 11.4 Å². The number of carbonyl (C=O) groups is 1. The Morgan fingerprint density at radius 1 is 1.38 bits per heavy atom.